The van der Waals surface area contributed by atoms with Gasteiger partial charge in [0.1, 0.15) is 11.5 Å². The summed E-state index contributed by atoms with van der Waals surface area (Å²) in [6.45, 7) is 2.20. The topological polar surface area (TPSA) is 58.1 Å². The van der Waals surface area contributed by atoms with Gasteiger partial charge in [0.15, 0.2) is 5.96 Å². The molecule has 1 aliphatic carbocycles. The molecule has 2 fully saturated rings. The predicted molar refractivity (Wildman–Crippen MR) is 119 cm³/mol. The van der Waals surface area contributed by atoms with E-state index in [0.717, 1.165) is 38.4 Å². The van der Waals surface area contributed by atoms with Gasteiger partial charge in [-0.05, 0) is 44.2 Å². The number of benzene rings is 1. The Labute approximate surface area is 184 Å². The smallest absolute Gasteiger partial charge is 0.387 e. The fourth-order valence-electron chi connectivity index (χ4n) is 4.44. The number of piperidine rings is 1. The SMILES string of the molecule is CCCOc1ccc(CNC(=NC)NC2CCN(C3CCCC3)CC2)c(OC(F)F)c1. The van der Waals surface area contributed by atoms with Crippen LogP contribution >= 0.6 is 0 Å². The van der Waals surface area contributed by atoms with Gasteiger partial charge in [0.2, 0.25) is 0 Å². The highest BCUT2D eigenvalue weighted by atomic mass is 19.3. The van der Waals surface area contributed by atoms with Gasteiger partial charge in [-0.15, -0.1) is 0 Å². The van der Waals surface area contributed by atoms with E-state index in [-0.39, 0.29) is 5.75 Å². The van der Waals surface area contributed by atoms with Gasteiger partial charge < -0.3 is 25.0 Å². The molecule has 31 heavy (non-hydrogen) atoms. The highest BCUT2D eigenvalue weighted by Crippen LogP contribution is 2.27. The third-order valence-electron chi connectivity index (χ3n) is 6.11. The van der Waals surface area contributed by atoms with Crippen molar-refractivity contribution in [1.82, 2.24) is 15.5 Å². The van der Waals surface area contributed by atoms with Crippen LogP contribution in [-0.2, 0) is 6.54 Å². The number of nitrogens with one attached hydrogen (secondary N) is 2. The third kappa shape index (κ3) is 7.23. The number of ether oxygens (including phenoxy) is 2. The molecule has 0 amide bonds. The van der Waals surface area contributed by atoms with Gasteiger partial charge >= 0.3 is 6.61 Å². The van der Waals surface area contributed by atoms with E-state index in [2.05, 4.69) is 20.5 Å². The molecule has 8 heteroatoms. The van der Waals surface area contributed by atoms with Crippen molar-refractivity contribution in [2.45, 2.75) is 77.1 Å². The summed E-state index contributed by atoms with van der Waals surface area (Å²) in [6, 6.07) is 6.19. The van der Waals surface area contributed by atoms with Crippen molar-refractivity contribution in [3.8, 4) is 11.5 Å². The maximum Gasteiger partial charge on any atom is 0.387 e. The van der Waals surface area contributed by atoms with E-state index in [1.54, 1.807) is 19.2 Å². The number of nitrogens with zero attached hydrogens (tertiary/aromatic N) is 2. The number of likely N-dealkylation sites (tertiary alicyclic amines) is 1. The van der Waals surface area contributed by atoms with Crippen molar-refractivity contribution in [1.29, 1.82) is 0 Å². The van der Waals surface area contributed by atoms with Gasteiger partial charge in [-0.1, -0.05) is 19.8 Å². The number of rotatable bonds is 9. The lowest BCUT2D eigenvalue weighted by Gasteiger charge is -2.36. The van der Waals surface area contributed by atoms with Crippen molar-refractivity contribution in [2.24, 2.45) is 4.99 Å². The van der Waals surface area contributed by atoms with Crippen LogP contribution < -0.4 is 20.1 Å². The lowest BCUT2D eigenvalue weighted by molar-refractivity contribution is -0.0505. The second-order valence-electron chi connectivity index (χ2n) is 8.32. The number of halogens is 2. The largest absolute Gasteiger partial charge is 0.493 e. The number of guanidine groups is 1. The molecule has 0 radical (unpaired) electrons. The van der Waals surface area contributed by atoms with Crippen LogP contribution in [-0.4, -0.2) is 56.3 Å². The molecule has 0 atom stereocenters. The first-order chi connectivity index (χ1) is 15.1. The Balaban J connectivity index is 1.51. The molecule has 174 valence electrons. The van der Waals surface area contributed by atoms with Crippen LogP contribution in [0, 0.1) is 0 Å². The molecular formula is C23H36F2N4O2. The lowest BCUT2D eigenvalue weighted by atomic mass is 10.0. The molecule has 1 saturated heterocycles. The fourth-order valence-corrected chi connectivity index (χ4v) is 4.44. The van der Waals surface area contributed by atoms with E-state index in [9.17, 15) is 8.78 Å². The average Bonchev–Trinajstić information content (AvgIpc) is 3.31. The summed E-state index contributed by atoms with van der Waals surface area (Å²) in [5.41, 5.74) is 0.628. The van der Waals surface area contributed by atoms with Crippen LogP contribution in [0.5, 0.6) is 11.5 Å². The molecule has 1 heterocycles. The van der Waals surface area contributed by atoms with Crippen molar-refractivity contribution in [2.75, 3.05) is 26.7 Å². The molecule has 1 aromatic rings. The maximum absolute atomic E-state index is 12.9. The number of alkyl halides is 2. The summed E-state index contributed by atoms with van der Waals surface area (Å²) >= 11 is 0. The summed E-state index contributed by atoms with van der Waals surface area (Å²) in [6.07, 6.45) is 8.42. The minimum absolute atomic E-state index is 0.122. The molecule has 3 rings (SSSR count). The molecule has 1 aliphatic heterocycles. The van der Waals surface area contributed by atoms with Gasteiger partial charge in [-0.2, -0.15) is 8.78 Å². The van der Waals surface area contributed by atoms with E-state index in [0.29, 0.717) is 36.5 Å². The highest BCUT2D eigenvalue weighted by molar-refractivity contribution is 5.80. The van der Waals surface area contributed by atoms with E-state index >= 15 is 0 Å². The Hall–Kier alpha value is -2.09. The van der Waals surface area contributed by atoms with Gasteiger partial charge in [0.25, 0.3) is 0 Å². The van der Waals surface area contributed by atoms with Gasteiger partial charge in [0, 0.05) is 50.4 Å². The molecule has 0 spiro atoms. The monoisotopic (exact) mass is 438 g/mol. The third-order valence-corrected chi connectivity index (χ3v) is 6.11. The first-order valence-electron chi connectivity index (χ1n) is 11.5. The van der Waals surface area contributed by atoms with Crippen LogP contribution in [0.15, 0.2) is 23.2 Å². The molecular weight excluding hydrogens is 402 g/mol. The van der Waals surface area contributed by atoms with Crippen molar-refractivity contribution >= 4 is 5.96 Å². The standard InChI is InChI=1S/C23H36F2N4O2/c1-3-14-30-20-9-8-17(21(15-20)31-22(24)25)16-27-23(26-2)28-18-10-12-29(13-11-18)19-6-4-5-7-19/h8-9,15,18-19,22H,3-7,10-14,16H2,1-2H3,(H2,26,27,28). The molecule has 1 aromatic carbocycles. The molecule has 0 bridgehead atoms. The molecule has 2 N–H and O–H groups in total. The molecule has 0 aromatic heterocycles. The van der Waals surface area contributed by atoms with Crippen LogP contribution in [0.2, 0.25) is 0 Å². The molecule has 6 nitrogen and oxygen atoms in total. The highest BCUT2D eigenvalue weighted by Gasteiger charge is 2.27. The number of aliphatic imine (C=N–C) groups is 1. The quantitative estimate of drug-likeness (QED) is 0.448. The number of hydrogen-bond acceptors (Lipinski definition) is 4. The zero-order chi connectivity index (χ0) is 22.1. The van der Waals surface area contributed by atoms with E-state index in [1.165, 1.54) is 31.7 Å². The van der Waals surface area contributed by atoms with E-state index in [4.69, 9.17) is 9.47 Å². The minimum Gasteiger partial charge on any atom is -0.493 e. The summed E-state index contributed by atoms with van der Waals surface area (Å²) in [7, 11) is 1.72. The zero-order valence-electron chi connectivity index (χ0n) is 18.7. The Morgan fingerprint density at radius 3 is 2.58 bits per heavy atom. The Bertz CT molecular complexity index is 703. The molecule has 2 aliphatic rings. The first kappa shape index (κ1) is 23.6. The maximum atomic E-state index is 12.9. The minimum atomic E-state index is -2.89. The summed E-state index contributed by atoms with van der Waals surface area (Å²) in [5, 5.41) is 6.72. The summed E-state index contributed by atoms with van der Waals surface area (Å²) < 4.78 is 36.0. The van der Waals surface area contributed by atoms with Crippen LogP contribution in [0.25, 0.3) is 0 Å². The van der Waals surface area contributed by atoms with Gasteiger partial charge in [-0.3, -0.25) is 4.99 Å². The van der Waals surface area contributed by atoms with Crippen molar-refractivity contribution < 1.29 is 18.3 Å². The van der Waals surface area contributed by atoms with Crippen LogP contribution in [0.1, 0.15) is 57.4 Å². The van der Waals surface area contributed by atoms with Crippen LogP contribution in [0.3, 0.4) is 0 Å². The second-order valence-corrected chi connectivity index (χ2v) is 8.32. The summed E-state index contributed by atoms with van der Waals surface area (Å²) in [4.78, 5) is 6.95. The van der Waals surface area contributed by atoms with Crippen molar-refractivity contribution in [3.63, 3.8) is 0 Å². The van der Waals surface area contributed by atoms with Crippen molar-refractivity contribution in [3.05, 3.63) is 23.8 Å². The predicted octanol–water partition coefficient (Wildman–Crippen LogP) is 4.15. The fraction of sp³-hybridized carbons (Fsp3) is 0.696. The second kappa shape index (κ2) is 12.1. The van der Waals surface area contributed by atoms with Gasteiger partial charge in [-0.25, -0.2) is 0 Å². The normalized spacial score (nSPS) is 19.1. The number of hydrogen-bond donors (Lipinski definition) is 2. The Morgan fingerprint density at radius 1 is 1.19 bits per heavy atom. The lowest BCUT2D eigenvalue weighted by Crippen LogP contribution is -2.50. The van der Waals surface area contributed by atoms with E-state index < -0.39 is 6.61 Å². The first-order valence-corrected chi connectivity index (χ1v) is 11.5. The Morgan fingerprint density at radius 2 is 1.94 bits per heavy atom. The average molecular weight is 439 g/mol. The van der Waals surface area contributed by atoms with E-state index in [1.807, 2.05) is 6.92 Å². The summed E-state index contributed by atoms with van der Waals surface area (Å²) in [5.74, 6) is 1.32. The molecule has 0 unspecified atom stereocenters. The van der Waals surface area contributed by atoms with Crippen LogP contribution in [0.4, 0.5) is 8.78 Å². The Kier molecular flexibility index (Phi) is 9.18. The molecule has 1 saturated carbocycles. The van der Waals surface area contributed by atoms with Gasteiger partial charge in [0.05, 0.1) is 6.61 Å². The zero-order valence-corrected chi connectivity index (χ0v) is 18.7.